The van der Waals surface area contributed by atoms with E-state index in [1.165, 1.54) is 17.2 Å². The van der Waals surface area contributed by atoms with E-state index in [9.17, 15) is 4.39 Å². The highest BCUT2D eigenvalue weighted by atomic mass is 79.9. The predicted octanol–water partition coefficient (Wildman–Crippen LogP) is 4.58. The highest BCUT2D eigenvalue weighted by molar-refractivity contribution is 9.10. The smallest absolute Gasteiger partial charge is 0.129 e. The van der Waals surface area contributed by atoms with Gasteiger partial charge in [-0.25, -0.2) is 4.39 Å². The molecule has 2 atom stereocenters. The molecule has 3 heteroatoms. The zero-order chi connectivity index (χ0) is 14.1. The summed E-state index contributed by atoms with van der Waals surface area (Å²) in [5.74, 6) is 0.376. The number of hydrogen-bond donors (Lipinski definition) is 1. The van der Waals surface area contributed by atoms with Gasteiger partial charge >= 0.3 is 0 Å². The van der Waals surface area contributed by atoms with Gasteiger partial charge in [0.05, 0.1) is 0 Å². The SMILES string of the molecule is CNC(CC1Cc2ccccc21)c1c(F)cccc1Br. The summed E-state index contributed by atoms with van der Waals surface area (Å²) >= 11 is 3.47. The topological polar surface area (TPSA) is 12.0 Å². The first kappa shape index (κ1) is 13.8. The second-order valence-electron chi connectivity index (χ2n) is 5.31. The van der Waals surface area contributed by atoms with E-state index in [1.807, 2.05) is 13.1 Å². The van der Waals surface area contributed by atoms with Crippen LogP contribution in [0.3, 0.4) is 0 Å². The molecule has 0 heterocycles. The zero-order valence-corrected chi connectivity index (χ0v) is 13.0. The molecule has 0 saturated heterocycles. The Labute approximate surface area is 127 Å². The Balaban J connectivity index is 1.83. The lowest BCUT2D eigenvalue weighted by atomic mass is 9.74. The fourth-order valence-electron chi connectivity index (χ4n) is 3.08. The molecule has 2 unspecified atom stereocenters. The molecular formula is C17H17BrFN. The Morgan fingerprint density at radius 2 is 2.05 bits per heavy atom. The molecule has 0 radical (unpaired) electrons. The van der Waals surface area contributed by atoms with Gasteiger partial charge in [-0.15, -0.1) is 0 Å². The first-order valence-corrected chi connectivity index (χ1v) is 7.69. The Morgan fingerprint density at radius 3 is 2.75 bits per heavy atom. The fourth-order valence-corrected chi connectivity index (χ4v) is 3.70. The Bertz CT molecular complexity index is 606. The van der Waals surface area contributed by atoms with Gasteiger partial charge in [-0.2, -0.15) is 0 Å². The molecule has 104 valence electrons. The maximum Gasteiger partial charge on any atom is 0.129 e. The summed E-state index contributed by atoms with van der Waals surface area (Å²) in [5.41, 5.74) is 3.58. The van der Waals surface area contributed by atoms with Crippen molar-refractivity contribution < 1.29 is 4.39 Å². The summed E-state index contributed by atoms with van der Waals surface area (Å²) in [4.78, 5) is 0. The van der Waals surface area contributed by atoms with Crippen LogP contribution < -0.4 is 5.32 Å². The van der Waals surface area contributed by atoms with Crippen LogP contribution in [-0.2, 0) is 6.42 Å². The molecule has 1 aliphatic rings. The van der Waals surface area contributed by atoms with Crippen LogP contribution in [0.5, 0.6) is 0 Å². The molecule has 2 aromatic carbocycles. The standard InChI is InChI=1S/C17H17BrFN/c1-20-16(17-14(18)7-4-8-15(17)19)10-12-9-11-5-2-3-6-13(11)12/h2-8,12,16,20H,9-10H2,1H3. The Morgan fingerprint density at radius 1 is 1.25 bits per heavy atom. The van der Waals surface area contributed by atoms with Crippen molar-refractivity contribution in [2.75, 3.05) is 7.05 Å². The average molecular weight is 334 g/mol. The van der Waals surface area contributed by atoms with Crippen LogP contribution in [0, 0.1) is 5.82 Å². The van der Waals surface area contributed by atoms with Gasteiger partial charge in [-0.3, -0.25) is 0 Å². The van der Waals surface area contributed by atoms with Gasteiger partial charge in [-0.05, 0) is 49.1 Å². The minimum Gasteiger partial charge on any atom is -0.313 e. The third-order valence-corrected chi connectivity index (χ3v) is 4.87. The van der Waals surface area contributed by atoms with Crippen molar-refractivity contribution in [3.63, 3.8) is 0 Å². The normalized spacial score (nSPS) is 18.2. The van der Waals surface area contributed by atoms with E-state index in [0.717, 1.165) is 22.9 Å². The summed E-state index contributed by atoms with van der Waals surface area (Å²) in [6, 6.07) is 13.7. The highest BCUT2D eigenvalue weighted by Crippen LogP contribution is 2.42. The lowest BCUT2D eigenvalue weighted by molar-refractivity contribution is 0.436. The Kier molecular flexibility index (Phi) is 3.90. The zero-order valence-electron chi connectivity index (χ0n) is 11.4. The van der Waals surface area contributed by atoms with E-state index in [4.69, 9.17) is 0 Å². The molecule has 0 bridgehead atoms. The third kappa shape index (κ3) is 2.40. The monoisotopic (exact) mass is 333 g/mol. The number of hydrogen-bond acceptors (Lipinski definition) is 1. The minimum absolute atomic E-state index is 0.0314. The van der Waals surface area contributed by atoms with E-state index in [1.54, 1.807) is 6.07 Å². The summed E-state index contributed by atoms with van der Waals surface area (Å²) < 4.78 is 14.9. The van der Waals surface area contributed by atoms with E-state index in [0.29, 0.717) is 5.92 Å². The molecule has 2 aromatic rings. The van der Waals surface area contributed by atoms with E-state index < -0.39 is 0 Å². The lowest BCUT2D eigenvalue weighted by Crippen LogP contribution is -2.25. The predicted molar refractivity (Wildman–Crippen MR) is 83.4 cm³/mol. The van der Waals surface area contributed by atoms with Gasteiger partial charge in [-0.1, -0.05) is 46.3 Å². The molecule has 0 aromatic heterocycles. The number of rotatable bonds is 4. The van der Waals surface area contributed by atoms with E-state index in [-0.39, 0.29) is 11.9 Å². The van der Waals surface area contributed by atoms with Crippen LogP contribution in [-0.4, -0.2) is 7.05 Å². The van der Waals surface area contributed by atoms with Crippen molar-refractivity contribution in [3.05, 3.63) is 69.4 Å². The molecular weight excluding hydrogens is 317 g/mol. The molecule has 0 fully saturated rings. The largest absolute Gasteiger partial charge is 0.313 e. The van der Waals surface area contributed by atoms with Crippen LogP contribution in [0.1, 0.15) is 35.1 Å². The number of nitrogens with one attached hydrogen (secondary N) is 1. The summed E-state index contributed by atoms with van der Waals surface area (Å²) in [6.45, 7) is 0. The molecule has 3 rings (SSSR count). The van der Waals surface area contributed by atoms with Crippen LogP contribution in [0.4, 0.5) is 4.39 Å². The molecule has 0 aliphatic heterocycles. The molecule has 1 N–H and O–H groups in total. The maximum atomic E-state index is 14.1. The lowest BCUT2D eigenvalue weighted by Gasteiger charge is -2.33. The Hall–Kier alpha value is -1.19. The molecule has 1 aliphatic carbocycles. The van der Waals surface area contributed by atoms with Gasteiger partial charge in [0, 0.05) is 16.1 Å². The summed E-state index contributed by atoms with van der Waals surface area (Å²) in [7, 11) is 1.90. The van der Waals surface area contributed by atoms with Crippen molar-refractivity contribution in [2.24, 2.45) is 0 Å². The average Bonchev–Trinajstić information content (AvgIpc) is 2.42. The van der Waals surface area contributed by atoms with Crippen LogP contribution in [0.15, 0.2) is 46.9 Å². The molecule has 1 nitrogen and oxygen atoms in total. The van der Waals surface area contributed by atoms with Gasteiger partial charge in [0.25, 0.3) is 0 Å². The van der Waals surface area contributed by atoms with E-state index >= 15 is 0 Å². The molecule has 0 saturated carbocycles. The molecule has 0 amide bonds. The van der Waals surface area contributed by atoms with Crippen molar-refractivity contribution in [1.82, 2.24) is 5.32 Å². The van der Waals surface area contributed by atoms with Crippen LogP contribution in [0.2, 0.25) is 0 Å². The van der Waals surface area contributed by atoms with Crippen molar-refractivity contribution >= 4 is 15.9 Å². The first-order valence-electron chi connectivity index (χ1n) is 6.89. The second-order valence-corrected chi connectivity index (χ2v) is 6.17. The van der Waals surface area contributed by atoms with Crippen molar-refractivity contribution in [2.45, 2.75) is 24.8 Å². The maximum absolute atomic E-state index is 14.1. The van der Waals surface area contributed by atoms with Gasteiger partial charge in [0.15, 0.2) is 0 Å². The van der Waals surface area contributed by atoms with Gasteiger partial charge < -0.3 is 5.32 Å². The van der Waals surface area contributed by atoms with Crippen molar-refractivity contribution in [1.29, 1.82) is 0 Å². The highest BCUT2D eigenvalue weighted by Gasteiger charge is 2.29. The minimum atomic E-state index is -0.147. The third-order valence-electron chi connectivity index (χ3n) is 4.18. The first-order chi connectivity index (χ1) is 9.70. The second kappa shape index (κ2) is 5.66. The number of benzene rings is 2. The molecule has 0 spiro atoms. The fraction of sp³-hybridized carbons (Fsp3) is 0.294. The summed E-state index contributed by atoms with van der Waals surface area (Å²) in [5, 5.41) is 3.26. The van der Waals surface area contributed by atoms with Gasteiger partial charge in [0.1, 0.15) is 5.82 Å². The quantitative estimate of drug-likeness (QED) is 0.863. The number of fused-ring (bicyclic) bond motifs is 1. The van der Waals surface area contributed by atoms with Crippen molar-refractivity contribution in [3.8, 4) is 0 Å². The van der Waals surface area contributed by atoms with E-state index in [2.05, 4.69) is 45.5 Å². The number of halogens is 2. The van der Waals surface area contributed by atoms with Crippen LogP contribution in [0.25, 0.3) is 0 Å². The summed E-state index contributed by atoms with van der Waals surface area (Å²) in [6.07, 6.45) is 2.02. The van der Waals surface area contributed by atoms with Crippen LogP contribution >= 0.6 is 15.9 Å². The molecule has 20 heavy (non-hydrogen) atoms. The van der Waals surface area contributed by atoms with Gasteiger partial charge in [0.2, 0.25) is 0 Å².